The highest BCUT2D eigenvalue weighted by Crippen LogP contribution is 2.47. The summed E-state index contributed by atoms with van der Waals surface area (Å²) in [6.07, 6.45) is 0. The summed E-state index contributed by atoms with van der Waals surface area (Å²) in [5, 5.41) is 8.10. The van der Waals surface area contributed by atoms with E-state index >= 15 is 0 Å². The molecule has 7 rings (SSSR count). The fourth-order valence-electron chi connectivity index (χ4n) is 5.28. The Hall–Kier alpha value is -2.83. The molecule has 0 amide bonds. The first-order chi connectivity index (χ1) is 17.2. The van der Waals surface area contributed by atoms with Gasteiger partial charge in [-0.15, -0.1) is 11.3 Å². The zero-order chi connectivity index (χ0) is 24.8. The number of hydrogen-bond donors (Lipinski definition) is 0. The molecule has 5 aromatic carbocycles. The van der Waals surface area contributed by atoms with Gasteiger partial charge in [-0.05, 0) is 73.5 Å². The smallest absolute Gasteiger partial charge is 0.456 e. The Labute approximate surface area is 219 Å². The molecule has 3 nitrogen and oxygen atoms in total. The standard InChI is InChI=1S/C30H24BClO3S/c1-29(2)30(3,4)35-31(34-29)22-12-8-13-23(32)28(22)33-17-15-21-19-10-6-5-9-18(19)20-11-7-14-24-26(20)27(21)25(16-17)36-24/h5-16H,1-4H3. The number of para-hydroxylation sites is 1. The molecular formula is C30H24BClO3S. The van der Waals surface area contributed by atoms with E-state index in [9.17, 15) is 0 Å². The van der Waals surface area contributed by atoms with Gasteiger partial charge >= 0.3 is 7.12 Å². The van der Waals surface area contributed by atoms with Crippen LogP contribution in [-0.2, 0) is 9.31 Å². The van der Waals surface area contributed by atoms with Crippen LogP contribution in [0.2, 0.25) is 5.02 Å². The van der Waals surface area contributed by atoms with Crippen molar-refractivity contribution in [3.05, 3.63) is 77.8 Å². The van der Waals surface area contributed by atoms with E-state index in [2.05, 4.69) is 54.6 Å². The summed E-state index contributed by atoms with van der Waals surface area (Å²) >= 11 is 8.51. The van der Waals surface area contributed by atoms with Crippen LogP contribution in [0.25, 0.3) is 41.7 Å². The summed E-state index contributed by atoms with van der Waals surface area (Å²) in [6, 6.07) is 25.1. The van der Waals surface area contributed by atoms with E-state index in [0.29, 0.717) is 10.8 Å². The van der Waals surface area contributed by atoms with E-state index in [1.165, 1.54) is 41.7 Å². The molecule has 36 heavy (non-hydrogen) atoms. The molecule has 0 radical (unpaired) electrons. The highest BCUT2D eigenvalue weighted by Gasteiger charge is 2.52. The number of rotatable bonds is 3. The lowest BCUT2D eigenvalue weighted by atomic mass is 9.78. The van der Waals surface area contributed by atoms with Gasteiger partial charge in [0.25, 0.3) is 0 Å². The summed E-state index contributed by atoms with van der Waals surface area (Å²) < 4.78 is 21.7. The number of thiophene rings is 1. The van der Waals surface area contributed by atoms with Gasteiger partial charge in [0.2, 0.25) is 0 Å². The van der Waals surface area contributed by atoms with Crippen LogP contribution in [0.15, 0.2) is 72.8 Å². The van der Waals surface area contributed by atoms with Gasteiger partial charge in [0, 0.05) is 25.6 Å². The average Bonchev–Trinajstić information content (AvgIpc) is 3.32. The zero-order valence-corrected chi connectivity index (χ0v) is 22.1. The number of hydrogen-bond acceptors (Lipinski definition) is 4. The number of benzene rings is 5. The SMILES string of the molecule is CC1(C)OB(c2cccc(Cl)c2Oc2cc3sc4cccc5c6ccccc6c(c2)c3c45)OC1(C)C. The van der Waals surface area contributed by atoms with Gasteiger partial charge in [-0.1, -0.05) is 60.1 Å². The Kier molecular flexibility index (Phi) is 4.72. The third kappa shape index (κ3) is 3.13. The van der Waals surface area contributed by atoms with E-state index < -0.39 is 18.3 Å². The third-order valence-corrected chi connectivity index (χ3v) is 9.20. The van der Waals surface area contributed by atoms with Gasteiger partial charge in [0.15, 0.2) is 0 Å². The summed E-state index contributed by atoms with van der Waals surface area (Å²) in [6.45, 7) is 8.18. The van der Waals surface area contributed by atoms with Crippen molar-refractivity contribution >= 4 is 77.2 Å². The highest BCUT2D eigenvalue weighted by atomic mass is 35.5. The zero-order valence-electron chi connectivity index (χ0n) is 20.5. The van der Waals surface area contributed by atoms with Gasteiger partial charge in [0.1, 0.15) is 11.5 Å². The Morgan fingerprint density at radius 3 is 2.11 bits per heavy atom. The third-order valence-electron chi connectivity index (χ3n) is 7.80. The van der Waals surface area contributed by atoms with Gasteiger partial charge in [-0.2, -0.15) is 0 Å². The molecule has 6 aromatic rings. The topological polar surface area (TPSA) is 27.7 Å². The minimum Gasteiger partial charge on any atom is -0.456 e. The van der Waals surface area contributed by atoms with Crippen molar-refractivity contribution in [3.63, 3.8) is 0 Å². The van der Waals surface area contributed by atoms with E-state index in [1.807, 2.05) is 45.9 Å². The Bertz CT molecular complexity index is 1790. The van der Waals surface area contributed by atoms with Crippen molar-refractivity contribution in [1.82, 2.24) is 0 Å². The first-order valence-corrected chi connectivity index (χ1v) is 13.3. The minimum absolute atomic E-state index is 0.459. The Balaban J connectivity index is 1.42. The number of ether oxygens (including phenoxy) is 1. The normalized spacial score (nSPS) is 17.2. The summed E-state index contributed by atoms with van der Waals surface area (Å²) in [7, 11) is -0.571. The maximum atomic E-state index is 6.71. The molecule has 0 spiro atoms. The van der Waals surface area contributed by atoms with Crippen LogP contribution in [0.3, 0.4) is 0 Å². The molecule has 0 unspecified atom stereocenters. The molecule has 6 heteroatoms. The molecular weight excluding hydrogens is 487 g/mol. The van der Waals surface area contributed by atoms with Crippen molar-refractivity contribution in [1.29, 1.82) is 0 Å². The summed E-state index contributed by atoms with van der Waals surface area (Å²) in [4.78, 5) is 0. The predicted molar refractivity (Wildman–Crippen MR) is 153 cm³/mol. The molecule has 1 aliphatic rings. The lowest BCUT2D eigenvalue weighted by Gasteiger charge is -2.32. The van der Waals surface area contributed by atoms with Gasteiger partial charge < -0.3 is 14.0 Å². The van der Waals surface area contributed by atoms with Crippen LogP contribution in [0, 0.1) is 0 Å². The van der Waals surface area contributed by atoms with Crippen molar-refractivity contribution in [3.8, 4) is 11.5 Å². The maximum absolute atomic E-state index is 6.71. The maximum Gasteiger partial charge on any atom is 0.498 e. The predicted octanol–water partition coefficient (Wildman–Crippen LogP) is 8.54. The molecule has 2 heterocycles. The minimum atomic E-state index is -0.571. The average molecular weight is 511 g/mol. The largest absolute Gasteiger partial charge is 0.498 e. The fourth-order valence-corrected chi connectivity index (χ4v) is 6.68. The van der Waals surface area contributed by atoms with E-state index in [0.717, 1.165) is 11.2 Å². The van der Waals surface area contributed by atoms with Gasteiger partial charge in [-0.25, -0.2) is 0 Å². The van der Waals surface area contributed by atoms with E-state index in [1.54, 1.807) is 11.3 Å². The van der Waals surface area contributed by atoms with Crippen LogP contribution in [0.1, 0.15) is 27.7 Å². The van der Waals surface area contributed by atoms with Crippen LogP contribution < -0.4 is 10.2 Å². The number of fused-ring (bicyclic) bond motifs is 3. The molecule has 0 bridgehead atoms. The second-order valence-corrected chi connectivity index (χ2v) is 12.0. The highest BCUT2D eigenvalue weighted by molar-refractivity contribution is 7.26. The van der Waals surface area contributed by atoms with Crippen LogP contribution in [-0.4, -0.2) is 18.3 Å². The Morgan fingerprint density at radius 1 is 0.722 bits per heavy atom. The van der Waals surface area contributed by atoms with Gasteiger partial charge in [0.05, 0.1) is 16.2 Å². The fraction of sp³-hybridized carbons (Fsp3) is 0.200. The number of halogens is 1. The molecule has 178 valence electrons. The molecule has 0 saturated carbocycles. The Morgan fingerprint density at radius 2 is 1.36 bits per heavy atom. The van der Waals surface area contributed by atoms with E-state index in [4.69, 9.17) is 25.6 Å². The molecule has 0 atom stereocenters. The van der Waals surface area contributed by atoms with Crippen molar-refractivity contribution in [2.75, 3.05) is 0 Å². The lowest BCUT2D eigenvalue weighted by molar-refractivity contribution is 0.00578. The van der Waals surface area contributed by atoms with E-state index in [-0.39, 0.29) is 0 Å². The van der Waals surface area contributed by atoms with Crippen LogP contribution >= 0.6 is 22.9 Å². The molecule has 1 aliphatic heterocycles. The molecule has 0 aliphatic carbocycles. The molecule has 0 N–H and O–H groups in total. The quantitative estimate of drug-likeness (QED) is 0.176. The van der Waals surface area contributed by atoms with Crippen LogP contribution in [0.5, 0.6) is 11.5 Å². The molecule has 1 saturated heterocycles. The molecule has 1 fully saturated rings. The van der Waals surface area contributed by atoms with Crippen molar-refractivity contribution < 1.29 is 14.0 Å². The second-order valence-electron chi connectivity index (χ2n) is 10.5. The van der Waals surface area contributed by atoms with Crippen molar-refractivity contribution in [2.24, 2.45) is 0 Å². The first kappa shape index (κ1) is 22.4. The monoisotopic (exact) mass is 510 g/mol. The summed E-state index contributed by atoms with van der Waals surface area (Å²) in [5.41, 5.74) is -0.133. The lowest BCUT2D eigenvalue weighted by Crippen LogP contribution is -2.41. The first-order valence-electron chi connectivity index (χ1n) is 12.1. The summed E-state index contributed by atoms with van der Waals surface area (Å²) in [5.74, 6) is 1.31. The van der Waals surface area contributed by atoms with Crippen molar-refractivity contribution in [2.45, 2.75) is 38.9 Å². The van der Waals surface area contributed by atoms with Gasteiger partial charge in [-0.3, -0.25) is 0 Å². The van der Waals surface area contributed by atoms with Crippen LogP contribution in [0.4, 0.5) is 0 Å². The second kappa shape index (κ2) is 7.59. The molecule has 1 aromatic heterocycles.